The lowest BCUT2D eigenvalue weighted by Crippen LogP contribution is -2.46. The first-order valence-electron chi connectivity index (χ1n) is 6.19. The molecule has 104 valence electrons. The number of benzene rings is 1. The third-order valence-corrected chi connectivity index (χ3v) is 8.08. The van der Waals surface area contributed by atoms with E-state index in [1.807, 2.05) is 0 Å². The summed E-state index contributed by atoms with van der Waals surface area (Å²) >= 11 is 7.49. The Balaban J connectivity index is 2.99. The molecule has 0 spiro atoms. The van der Waals surface area contributed by atoms with Gasteiger partial charge in [-0.05, 0) is 5.19 Å². The Kier molecular flexibility index (Phi) is 3.66. The van der Waals surface area contributed by atoms with Crippen LogP contribution in [0, 0.1) is 5.82 Å². The highest BCUT2D eigenvalue weighted by molar-refractivity contribution is 7.01. The normalized spacial score (nSPS) is 13.3. The minimum Gasteiger partial charge on any atom is -0.205 e. The van der Waals surface area contributed by atoms with Crippen LogP contribution in [-0.4, -0.2) is 24.9 Å². The lowest BCUT2D eigenvalue weighted by molar-refractivity contribution is 0.637. The van der Waals surface area contributed by atoms with Crippen molar-refractivity contribution in [3.63, 3.8) is 0 Å². The Morgan fingerprint density at radius 3 is 1.74 bits per heavy atom. The number of hydrogen-bond donors (Lipinski definition) is 0. The van der Waals surface area contributed by atoms with Crippen molar-refractivity contribution in [2.24, 2.45) is 0 Å². The van der Waals surface area contributed by atoms with Crippen LogP contribution in [0.1, 0.15) is 0 Å². The zero-order valence-corrected chi connectivity index (χ0v) is 15.6. The highest BCUT2D eigenvalue weighted by Crippen LogP contribution is 2.25. The summed E-state index contributed by atoms with van der Waals surface area (Å²) in [5.41, 5.74) is 1.57. The van der Waals surface area contributed by atoms with Gasteiger partial charge in [0.15, 0.2) is 0 Å². The largest absolute Gasteiger partial charge is 0.205 e. The molecule has 0 unspecified atom stereocenters. The Morgan fingerprint density at radius 1 is 0.895 bits per heavy atom. The van der Waals surface area contributed by atoms with Gasteiger partial charge < -0.3 is 0 Å². The van der Waals surface area contributed by atoms with E-state index in [1.165, 1.54) is 0 Å². The van der Waals surface area contributed by atoms with Crippen LogP contribution < -0.4 is 10.4 Å². The van der Waals surface area contributed by atoms with Crippen LogP contribution in [-0.2, 0) is 0 Å². The summed E-state index contributed by atoms with van der Waals surface area (Å²) in [6.45, 7) is 12.8. The fraction of sp³-hybridized carbons (Fsp3) is 0.500. The summed E-state index contributed by atoms with van der Waals surface area (Å²) in [6.07, 6.45) is 0. The summed E-state index contributed by atoms with van der Waals surface area (Å²) in [4.78, 5) is 0. The van der Waals surface area contributed by atoms with Crippen LogP contribution in [0.4, 0.5) is 4.39 Å². The van der Waals surface area contributed by atoms with E-state index in [2.05, 4.69) is 48.0 Å². The van der Waals surface area contributed by atoms with Gasteiger partial charge in [-0.3, -0.25) is 0 Å². The Hall–Kier alpha value is -0.306. The molecule has 0 bridgehead atoms. The first kappa shape index (κ1) is 15.1. The Labute approximate surface area is 124 Å². The van der Waals surface area contributed by atoms with Gasteiger partial charge in [-0.15, -0.1) is 0 Å². The predicted octanol–water partition coefficient (Wildman–Crippen LogP) is 3.57. The zero-order valence-electron chi connectivity index (χ0n) is 12.1. The Morgan fingerprint density at radius 2 is 1.32 bits per heavy atom. The SMILES string of the molecule is C[Si](C)(C)c1c(F)c(Cl)c([Si](C)(C)C)c2nsnc12. The molecule has 0 amide bonds. The fourth-order valence-electron chi connectivity index (χ4n) is 2.31. The van der Waals surface area contributed by atoms with Crippen LogP contribution in [0.15, 0.2) is 0 Å². The van der Waals surface area contributed by atoms with Crippen molar-refractivity contribution < 1.29 is 4.39 Å². The van der Waals surface area contributed by atoms with Crippen molar-refractivity contribution >= 4 is 60.9 Å². The van der Waals surface area contributed by atoms with E-state index >= 15 is 0 Å². The van der Waals surface area contributed by atoms with E-state index in [1.54, 1.807) is 0 Å². The standard InChI is InChI=1S/C12H18ClFN2SSi2/c1-18(2,3)11-7(13)8(14)12(19(4,5)6)10-9(11)15-17-16-10/h1-6H3. The van der Waals surface area contributed by atoms with Crippen LogP contribution in [0.2, 0.25) is 44.3 Å². The molecule has 1 heterocycles. The van der Waals surface area contributed by atoms with Gasteiger partial charge in [0.25, 0.3) is 0 Å². The lowest BCUT2D eigenvalue weighted by Gasteiger charge is -2.24. The van der Waals surface area contributed by atoms with Gasteiger partial charge in [0, 0.05) is 5.19 Å². The van der Waals surface area contributed by atoms with Crippen molar-refractivity contribution in [1.82, 2.24) is 8.75 Å². The number of fused-ring (bicyclic) bond motifs is 1. The number of rotatable bonds is 2. The fourth-order valence-corrected chi connectivity index (χ4v) is 7.47. The third-order valence-electron chi connectivity index (χ3n) is 3.09. The maximum atomic E-state index is 14.8. The molecule has 0 saturated carbocycles. The summed E-state index contributed by atoms with van der Waals surface area (Å²) in [6, 6.07) is 0. The van der Waals surface area contributed by atoms with E-state index < -0.39 is 16.1 Å². The number of halogens is 2. The summed E-state index contributed by atoms with van der Waals surface area (Å²) < 4.78 is 23.5. The molecule has 1 aromatic heterocycles. The van der Waals surface area contributed by atoms with E-state index in [9.17, 15) is 4.39 Å². The molecule has 2 rings (SSSR count). The molecule has 0 N–H and O–H groups in total. The molecule has 0 aliphatic carbocycles. The average molecular weight is 333 g/mol. The van der Waals surface area contributed by atoms with Gasteiger partial charge in [-0.1, -0.05) is 50.9 Å². The highest BCUT2D eigenvalue weighted by Gasteiger charge is 2.33. The number of hydrogen-bond acceptors (Lipinski definition) is 3. The molecule has 0 radical (unpaired) electrons. The average Bonchev–Trinajstić information content (AvgIpc) is 2.62. The molecule has 7 heteroatoms. The zero-order chi connectivity index (χ0) is 14.6. The molecular formula is C12H18ClFN2SSi2. The lowest BCUT2D eigenvalue weighted by atomic mass is 10.3. The van der Waals surface area contributed by atoms with Gasteiger partial charge in [-0.2, -0.15) is 8.75 Å². The molecule has 2 nitrogen and oxygen atoms in total. The second kappa shape index (κ2) is 4.61. The molecule has 19 heavy (non-hydrogen) atoms. The number of nitrogens with zero attached hydrogens (tertiary/aromatic N) is 2. The molecule has 0 saturated heterocycles. The topological polar surface area (TPSA) is 25.8 Å². The monoisotopic (exact) mass is 332 g/mol. The van der Waals surface area contributed by atoms with E-state index in [4.69, 9.17) is 11.6 Å². The molecular weight excluding hydrogens is 315 g/mol. The van der Waals surface area contributed by atoms with Crippen LogP contribution >= 0.6 is 23.3 Å². The minimum atomic E-state index is -1.86. The molecule has 0 aliphatic heterocycles. The van der Waals surface area contributed by atoms with E-state index in [0.29, 0.717) is 5.19 Å². The summed E-state index contributed by atoms with van der Waals surface area (Å²) in [5, 5.41) is 1.89. The smallest absolute Gasteiger partial charge is 0.143 e. The van der Waals surface area contributed by atoms with Crippen LogP contribution in [0.5, 0.6) is 0 Å². The first-order chi connectivity index (χ1) is 8.55. The van der Waals surface area contributed by atoms with Gasteiger partial charge in [0.05, 0.1) is 32.9 Å². The van der Waals surface area contributed by atoms with Crippen molar-refractivity contribution in [1.29, 1.82) is 0 Å². The maximum Gasteiger partial charge on any atom is 0.143 e. The summed E-state index contributed by atoms with van der Waals surface area (Å²) in [7, 11) is -3.63. The van der Waals surface area contributed by atoms with E-state index in [-0.39, 0.29) is 10.8 Å². The number of aromatic nitrogens is 2. The van der Waals surface area contributed by atoms with Gasteiger partial charge in [0.1, 0.15) is 16.9 Å². The highest BCUT2D eigenvalue weighted by atomic mass is 35.5. The minimum absolute atomic E-state index is 0.265. The molecule has 1 aromatic carbocycles. The van der Waals surface area contributed by atoms with Crippen molar-refractivity contribution in [2.75, 3.05) is 0 Å². The summed E-state index contributed by atoms with van der Waals surface area (Å²) in [5.74, 6) is -0.265. The maximum absolute atomic E-state index is 14.8. The second-order valence-corrected chi connectivity index (χ2v) is 17.7. The predicted molar refractivity (Wildman–Crippen MR) is 88.3 cm³/mol. The molecule has 0 aliphatic rings. The van der Waals surface area contributed by atoms with Crippen LogP contribution in [0.3, 0.4) is 0 Å². The first-order valence-corrected chi connectivity index (χ1v) is 14.3. The van der Waals surface area contributed by atoms with Gasteiger partial charge in [-0.25, -0.2) is 4.39 Å². The van der Waals surface area contributed by atoms with Crippen molar-refractivity contribution in [3.8, 4) is 0 Å². The van der Waals surface area contributed by atoms with Crippen molar-refractivity contribution in [3.05, 3.63) is 10.8 Å². The molecule has 2 aromatic rings. The third kappa shape index (κ3) is 2.51. The van der Waals surface area contributed by atoms with Crippen LogP contribution in [0.25, 0.3) is 11.0 Å². The second-order valence-electron chi connectivity index (χ2n) is 6.84. The molecule has 0 fully saturated rings. The van der Waals surface area contributed by atoms with E-state index in [0.717, 1.165) is 27.9 Å². The van der Waals surface area contributed by atoms with Crippen molar-refractivity contribution in [2.45, 2.75) is 39.3 Å². The molecule has 0 atom stereocenters. The van der Waals surface area contributed by atoms with Gasteiger partial charge in [0.2, 0.25) is 0 Å². The quantitative estimate of drug-likeness (QED) is 0.786. The Bertz CT molecular complexity index is 590. The van der Waals surface area contributed by atoms with Gasteiger partial charge >= 0.3 is 0 Å².